The zero-order chi connectivity index (χ0) is 17.6. The molecule has 0 unspecified atom stereocenters. The molecule has 1 atom stereocenters. The minimum atomic E-state index is 0.460. The van der Waals surface area contributed by atoms with Crippen LogP contribution in [-0.2, 0) is 0 Å². The summed E-state index contributed by atoms with van der Waals surface area (Å²) in [6.07, 6.45) is 8.70. The van der Waals surface area contributed by atoms with E-state index >= 15 is 0 Å². The van der Waals surface area contributed by atoms with Gasteiger partial charge in [-0.15, -0.1) is 0 Å². The molecule has 1 saturated carbocycles. The summed E-state index contributed by atoms with van der Waals surface area (Å²) in [7, 11) is 1.63. The third-order valence-electron chi connectivity index (χ3n) is 5.04. The highest BCUT2D eigenvalue weighted by Crippen LogP contribution is 2.25. The quantitative estimate of drug-likeness (QED) is 0.796. The first-order valence-electron chi connectivity index (χ1n) is 9.39. The highest BCUT2D eigenvalue weighted by molar-refractivity contribution is 7.80. The highest BCUT2D eigenvalue weighted by Gasteiger charge is 2.20. The van der Waals surface area contributed by atoms with Gasteiger partial charge in [0.25, 0.3) is 0 Å². The average molecular weight is 364 g/mol. The summed E-state index contributed by atoms with van der Waals surface area (Å²) in [6, 6.07) is 2.36. The number of anilines is 2. The van der Waals surface area contributed by atoms with Crippen LogP contribution in [0.4, 0.5) is 11.8 Å². The van der Waals surface area contributed by atoms with E-state index in [1.165, 1.54) is 44.9 Å². The topological polar surface area (TPSA) is 62.3 Å². The van der Waals surface area contributed by atoms with Gasteiger partial charge in [-0.2, -0.15) is 9.97 Å². The van der Waals surface area contributed by atoms with Crippen molar-refractivity contribution < 1.29 is 4.74 Å². The van der Waals surface area contributed by atoms with Crippen molar-refractivity contribution in [2.75, 3.05) is 30.4 Å². The van der Waals surface area contributed by atoms with Gasteiger partial charge in [0.15, 0.2) is 5.11 Å². The molecule has 0 radical (unpaired) electrons. The summed E-state index contributed by atoms with van der Waals surface area (Å²) < 4.78 is 5.36. The summed E-state index contributed by atoms with van der Waals surface area (Å²) in [6.45, 7) is 4.33. The molecule has 0 bridgehead atoms. The van der Waals surface area contributed by atoms with Crippen LogP contribution in [0.5, 0.6) is 5.88 Å². The molecule has 25 heavy (non-hydrogen) atoms. The SMILES string of the molecule is COc1cc(N2CCC[C@@H](C)C2)nc(NC(=S)NC2CCCCC2)n1. The number of methoxy groups -OCH3 is 1. The van der Waals surface area contributed by atoms with Crippen LogP contribution in [0.3, 0.4) is 0 Å². The molecule has 2 fully saturated rings. The number of aromatic nitrogens is 2. The first-order chi connectivity index (χ1) is 12.1. The van der Waals surface area contributed by atoms with Gasteiger partial charge < -0.3 is 20.3 Å². The zero-order valence-electron chi connectivity index (χ0n) is 15.3. The lowest BCUT2D eigenvalue weighted by Gasteiger charge is -2.32. The van der Waals surface area contributed by atoms with Crippen molar-refractivity contribution in [3.63, 3.8) is 0 Å². The van der Waals surface area contributed by atoms with Crippen LogP contribution in [0, 0.1) is 5.92 Å². The van der Waals surface area contributed by atoms with Crippen LogP contribution in [-0.4, -0.2) is 41.3 Å². The second-order valence-electron chi connectivity index (χ2n) is 7.22. The summed E-state index contributed by atoms with van der Waals surface area (Å²) in [5.41, 5.74) is 0. The molecule has 1 aliphatic carbocycles. The number of hydrogen-bond acceptors (Lipinski definition) is 5. The summed E-state index contributed by atoms with van der Waals surface area (Å²) in [5.74, 6) is 2.65. The van der Waals surface area contributed by atoms with Crippen molar-refractivity contribution >= 4 is 29.1 Å². The second kappa shape index (κ2) is 8.65. The van der Waals surface area contributed by atoms with Crippen molar-refractivity contribution in [1.29, 1.82) is 0 Å². The van der Waals surface area contributed by atoms with Crippen LogP contribution in [0.2, 0.25) is 0 Å². The molecule has 1 aromatic heterocycles. The highest BCUT2D eigenvalue weighted by atomic mass is 32.1. The summed E-state index contributed by atoms with van der Waals surface area (Å²) in [4.78, 5) is 11.4. The Bertz CT molecular complexity index is 591. The van der Waals surface area contributed by atoms with E-state index in [4.69, 9.17) is 17.0 Å². The Balaban J connectivity index is 1.67. The van der Waals surface area contributed by atoms with Crippen molar-refractivity contribution in [3.8, 4) is 5.88 Å². The molecule has 138 valence electrons. The molecular weight excluding hydrogens is 334 g/mol. The van der Waals surface area contributed by atoms with Crippen LogP contribution in [0.15, 0.2) is 6.07 Å². The number of thiocarbonyl (C=S) groups is 1. The first kappa shape index (κ1) is 18.2. The van der Waals surface area contributed by atoms with Crippen molar-refractivity contribution in [2.45, 2.75) is 57.9 Å². The van der Waals surface area contributed by atoms with E-state index < -0.39 is 0 Å². The van der Waals surface area contributed by atoms with Gasteiger partial charge in [-0.25, -0.2) is 0 Å². The van der Waals surface area contributed by atoms with Gasteiger partial charge in [0.2, 0.25) is 11.8 Å². The third kappa shape index (κ3) is 5.17. The third-order valence-corrected chi connectivity index (χ3v) is 5.26. The fourth-order valence-corrected chi connectivity index (χ4v) is 3.96. The van der Waals surface area contributed by atoms with Gasteiger partial charge in [0.1, 0.15) is 5.82 Å². The van der Waals surface area contributed by atoms with E-state index in [0.717, 1.165) is 18.9 Å². The van der Waals surface area contributed by atoms with Crippen LogP contribution < -0.4 is 20.3 Å². The predicted molar refractivity (Wildman–Crippen MR) is 105 cm³/mol. The lowest BCUT2D eigenvalue weighted by Crippen LogP contribution is -2.39. The molecule has 1 saturated heterocycles. The fraction of sp³-hybridized carbons (Fsp3) is 0.722. The van der Waals surface area contributed by atoms with E-state index in [1.807, 2.05) is 6.07 Å². The van der Waals surface area contributed by atoms with Gasteiger partial charge in [-0.3, -0.25) is 0 Å². The molecule has 0 aromatic carbocycles. The molecule has 0 spiro atoms. The Kier molecular flexibility index (Phi) is 6.29. The largest absolute Gasteiger partial charge is 0.481 e. The van der Waals surface area contributed by atoms with E-state index in [2.05, 4.69) is 32.4 Å². The van der Waals surface area contributed by atoms with E-state index in [-0.39, 0.29) is 0 Å². The Hall–Kier alpha value is -1.63. The molecule has 1 aliphatic heterocycles. The molecule has 6 nitrogen and oxygen atoms in total. The maximum Gasteiger partial charge on any atom is 0.234 e. The lowest BCUT2D eigenvalue weighted by molar-refractivity contribution is 0.396. The molecule has 2 aliphatic rings. The van der Waals surface area contributed by atoms with Crippen LogP contribution in [0.1, 0.15) is 51.9 Å². The number of ether oxygens (including phenoxy) is 1. The standard InChI is InChI=1S/C18H29N5OS/c1-13-7-6-10-23(12-13)15-11-16(24-2)21-17(20-15)22-18(25)19-14-8-4-3-5-9-14/h11,13-14H,3-10,12H2,1-2H3,(H2,19,20,21,22,25)/t13-/m1/s1. The van der Waals surface area contributed by atoms with Gasteiger partial charge in [-0.1, -0.05) is 26.2 Å². The lowest BCUT2D eigenvalue weighted by atomic mass is 9.96. The van der Waals surface area contributed by atoms with Crippen LogP contribution >= 0.6 is 12.2 Å². The van der Waals surface area contributed by atoms with Crippen molar-refractivity contribution in [2.24, 2.45) is 5.92 Å². The minimum absolute atomic E-state index is 0.460. The maximum absolute atomic E-state index is 5.46. The molecule has 0 amide bonds. The average Bonchev–Trinajstić information content (AvgIpc) is 2.62. The normalized spacial score (nSPS) is 21.7. The summed E-state index contributed by atoms with van der Waals surface area (Å²) >= 11 is 5.46. The Morgan fingerprint density at radius 1 is 1.20 bits per heavy atom. The van der Waals surface area contributed by atoms with Gasteiger partial charge in [0, 0.05) is 25.2 Å². The summed E-state index contributed by atoms with van der Waals surface area (Å²) in [5, 5.41) is 7.14. The number of nitrogens with one attached hydrogen (secondary N) is 2. The van der Waals surface area contributed by atoms with Gasteiger partial charge >= 0.3 is 0 Å². The van der Waals surface area contributed by atoms with E-state index in [0.29, 0.717) is 28.9 Å². The molecule has 7 heteroatoms. The Morgan fingerprint density at radius 3 is 2.72 bits per heavy atom. The number of hydrogen-bond donors (Lipinski definition) is 2. The van der Waals surface area contributed by atoms with Gasteiger partial charge in [-0.05, 0) is 43.8 Å². The first-order valence-corrected chi connectivity index (χ1v) is 9.80. The fourth-order valence-electron chi connectivity index (χ4n) is 3.70. The predicted octanol–water partition coefficient (Wildman–Crippen LogP) is 3.34. The Morgan fingerprint density at radius 2 is 2.00 bits per heavy atom. The maximum atomic E-state index is 5.46. The van der Waals surface area contributed by atoms with E-state index in [9.17, 15) is 0 Å². The number of nitrogens with zero attached hydrogens (tertiary/aromatic N) is 3. The van der Waals surface area contributed by atoms with Crippen molar-refractivity contribution in [3.05, 3.63) is 6.07 Å². The number of rotatable bonds is 4. The Labute approximate surface area is 155 Å². The molecule has 2 heterocycles. The van der Waals surface area contributed by atoms with Gasteiger partial charge in [0.05, 0.1) is 7.11 Å². The number of piperidine rings is 1. The minimum Gasteiger partial charge on any atom is -0.481 e. The smallest absolute Gasteiger partial charge is 0.234 e. The molecule has 1 aromatic rings. The zero-order valence-corrected chi connectivity index (χ0v) is 16.1. The molecule has 2 N–H and O–H groups in total. The second-order valence-corrected chi connectivity index (χ2v) is 7.63. The molecular formula is C18H29N5OS. The monoisotopic (exact) mass is 363 g/mol. The van der Waals surface area contributed by atoms with Crippen LogP contribution in [0.25, 0.3) is 0 Å². The van der Waals surface area contributed by atoms with E-state index in [1.54, 1.807) is 7.11 Å². The molecule has 3 rings (SSSR count). The van der Waals surface area contributed by atoms with Crippen molar-refractivity contribution in [1.82, 2.24) is 15.3 Å².